The van der Waals surface area contributed by atoms with Crippen LogP contribution in [0.5, 0.6) is 0 Å². The molecule has 1 fully saturated rings. The van der Waals surface area contributed by atoms with Crippen molar-refractivity contribution in [3.05, 3.63) is 13.6 Å². The molecule has 1 aromatic heterocycles. The molecule has 0 amide bonds. The van der Waals surface area contributed by atoms with E-state index in [1.807, 2.05) is 0 Å². The van der Waals surface area contributed by atoms with Crippen molar-refractivity contribution in [3.8, 4) is 0 Å². The monoisotopic (exact) mass is 459 g/mol. The molecule has 118 valence electrons. The second-order valence-electron chi connectivity index (χ2n) is 5.33. The number of carbonyl (C=O) groups is 1. The molecule has 1 saturated carbocycles. The summed E-state index contributed by atoms with van der Waals surface area (Å²) in [5.74, 6) is -0.958. The Labute approximate surface area is 144 Å². The van der Waals surface area contributed by atoms with E-state index in [1.165, 1.54) is 17.4 Å². The first-order valence-electron chi connectivity index (χ1n) is 6.37. The van der Waals surface area contributed by atoms with Gasteiger partial charge in [-0.15, -0.1) is 11.3 Å². The first-order chi connectivity index (χ1) is 9.67. The molecular formula is C12H15Br2NO4S2. The van der Waals surface area contributed by atoms with Crippen molar-refractivity contribution in [3.63, 3.8) is 0 Å². The standard InChI is InChI=1S/C12H15Br2NO4S2/c1-12(11(16)17)5-3-2-4-8(12)15-21(18,19)7-6-9(13)20-10(7)14/h6,8,15H,2-5H2,1H3,(H,16,17). The summed E-state index contributed by atoms with van der Waals surface area (Å²) in [5, 5.41) is 9.44. The van der Waals surface area contributed by atoms with Crippen molar-refractivity contribution >= 4 is 59.2 Å². The summed E-state index contributed by atoms with van der Waals surface area (Å²) >= 11 is 7.74. The lowest BCUT2D eigenvalue weighted by atomic mass is 9.72. The van der Waals surface area contributed by atoms with Crippen LogP contribution in [-0.2, 0) is 14.8 Å². The zero-order valence-corrected chi connectivity index (χ0v) is 16.0. The van der Waals surface area contributed by atoms with Crippen molar-refractivity contribution in [2.45, 2.75) is 43.5 Å². The molecule has 1 aliphatic rings. The zero-order valence-electron chi connectivity index (χ0n) is 11.2. The van der Waals surface area contributed by atoms with Gasteiger partial charge in [0, 0.05) is 6.04 Å². The molecule has 1 heterocycles. The highest BCUT2D eigenvalue weighted by molar-refractivity contribution is 9.12. The number of aliphatic carboxylic acids is 1. The van der Waals surface area contributed by atoms with Crippen LogP contribution in [0.4, 0.5) is 0 Å². The minimum absolute atomic E-state index is 0.137. The number of rotatable bonds is 4. The summed E-state index contributed by atoms with van der Waals surface area (Å²) in [5.41, 5.74) is -1.06. The number of sulfonamides is 1. The topological polar surface area (TPSA) is 83.5 Å². The number of carboxylic acids is 1. The predicted octanol–water partition coefficient (Wildman–Crippen LogP) is 3.58. The molecule has 1 aliphatic carbocycles. The van der Waals surface area contributed by atoms with Gasteiger partial charge in [0.15, 0.2) is 0 Å². The van der Waals surface area contributed by atoms with Crippen LogP contribution in [-0.4, -0.2) is 25.5 Å². The third kappa shape index (κ3) is 3.52. The molecule has 1 aromatic rings. The normalized spacial score (nSPS) is 26.7. The Morgan fingerprint density at radius 2 is 2.14 bits per heavy atom. The number of hydrogen-bond donors (Lipinski definition) is 2. The molecule has 2 N–H and O–H groups in total. The molecule has 0 spiro atoms. The van der Waals surface area contributed by atoms with Crippen LogP contribution in [0.1, 0.15) is 32.6 Å². The molecule has 0 aliphatic heterocycles. The first-order valence-corrected chi connectivity index (χ1v) is 10.3. The summed E-state index contributed by atoms with van der Waals surface area (Å²) in [6, 6.07) is 0.914. The van der Waals surface area contributed by atoms with Gasteiger partial charge in [0.05, 0.1) is 13.0 Å². The third-order valence-corrected chi connectivity index (χ3v) is 8.14. The van der Waals surface area contributed by atoms with E-state index < -0.39 is 27.4 Å². The molecule has 9 heteroatoms. The molecule has 0 bridgehead atoms. The van der Waals surface area contributed by atoms with Gasteiger partial charge in [-0.05, 0) is 57.7 Å². The number of hydrogen-bond acceptors (Lipinski definition) is 4. The highest BCUT2D eigenvalue weighted by Gasteiger charge is 2.45. The van der Waals surface area contributed by atoms with Crippen LogP contribution < -0.4 is 4.72 Å². The van der Waals surface area contributed by atoms with Gasteiger partial charge < -0.3 is 5.11 Å². The van der Waals surface area contributed by atoms with Crippen LogP contribution in [0.3, 0.4) is 0 Å². The van der Waals surface area contributed by atoms with E-state index in [4.69, 9.17) is 0 Å². The van der Waals surface area contributed by atoms with E-state index in [0.717, 1.165) is 12.8 Å². The Bertz CT molecular complexity index is 658. The van der Waals surface area contributed by atoms with Gasteiger partial charge in [-0.1, -0.05) is 12.8 Å². The quantitative estimate of drug-likeness (QED) is 0.719. The lowest BCUT2D eigenvalue weighted by Crippen LogP contribution is -2.52. The highest BCUT2D eigenvalue weighted by atomic mass is 79.9. The fourth-order valence-electron chi connectivity index (χ4n) is 2.54. The van der Waals surface area contributed by atoms with Crippen molar-refractivity contribution in [1.82, 2.24) is 4.72 Å². The van der Waals surface area contributed by atoms with Crippen molar-refractivity contribution in [2.75, 3.05) is 0 Å². The molecule has 2 unspecified atom stereocenters. The average molecular weight is 461 g/mol. The van der Waals surface area contributed by atoms with Gasteiger partial charge >= 0.3 is 5.97 Å². The summed E-state index contributed by atoms with van der Waals surface area (Å²) in [6.07, 6.45) is 2.63. The van der Waals surface area contributed by atoms with E-state index in [0.29, 0.717) is 20.4 Å². The van der Waals surface area contributed by atoms with E-state index in [-0.39, 0.29) is 4.90 Å². The Kier molecular flexibility index (Phi) is 5.19. The minimum Gasteiger partial charge on any atom is -0.481 e. The second-order valence-corrected chi connectivity index (χ2v) is 10.8. The van der Waals surface area contributed by atoms with Crippen LogP contribution in [0.2, 0.25) is 0 Å². The maximum absolute atomic E-state index is 12.5. The van der Waals surface area contributed by atoms with Crippen molar-refractivity contribution < 1.29 is 18.3 Å². The average Bonchev–Trinajstić information content (AvgIpc) is 2.72. The lowest BCUT2D eigenvalue weighted by Gasteiger charge is -2.38. The van der Waals surface area contributed by atoms with Gasteiger partial charge in [0.2, 0.25) is 10.0 Å². The minimum atomic E-state index is -3.75. The maximum atomic E-state index is 12.5. The zero-order chi connectivity index (χ0) is 15.8. The van der Waals surface area contributed by atoms with Crippen LogP contribution in [0.15, 0.2) is 18.5 Å². The first kappa shape index (κ1) is 17.4. The summed E-state index contributed by atoms with van der Waals surface area (Å²) < 4.78 is 28.8. The van der Waals surface area contributed by atoms with Crippen molar-refractivity contribution in [1.29, 1.82) is 0 Å². The molecule has 2 atom stereocenters. The predicted molar refractivity (Wildman–Crippen MR) is 88.0 cm³/mol. The van der Waals surface area contributed by atoms with Gasteiger partial charge in [-0.3, -0.25) is 4.79 Å². The molecule has 5 nitrogen and oxygen atoms in total. The van der Waals surface area contributed by atoms with Gasteiger partial charge in [0.1, 0.15) is 4.90 Å². The Hall–Kier alpha value is 0.0400. The van der Waals surface area contributed by atoms with E-state index in [9.17, 15) is 18.3 Å². The maximum Gasteiger partial charge on any atom is 0.310 e. The van der Waals surface area contributed by atoms with E-state index in [2.05, 4.69) is 36.6 Å². The number of halogens is 2. The third-order valence-electron chi connectivity index (χ3n) is 3.91. The van der Waals surface area contributed by atoms with Crippen LogP contribution in [0, 0.1) is 5.41 Å². The molecule has 0 saturated heterocycles. The smallest absolute Gasteiger partial charge is 0.310 e. The van der Waals surface area contributed by atoms with Gasteiger partial charge in [-0.25, -0.2) is 13.1 Å². The van der Waals surface area contributed by atoms with E-state index >= 15 is 0 Å². The number of nitrogens with one attached hydrogen (secondary N) is 1. The fraction of sp³-hybridized carbons (Fsp3) is 0.583. The van der Waals surface area contributed by atoms with Gasteiger partial charge in [0.25, 0.3) is 0 Å². The fourth-order valence-corrected chi connectivity index (χ4v) is 7.73. The van der Waals surface area contributed by atoms with Crippen LogP contribution in [0.25, 0.3) is 0 Å². The Morgan fingerprint density at radius 3 is 2.67 bits per heavy atom. The SMILES string of the molecule is CC1(C(=O)O)CCCCC1NS(=O)(=O)c1cc(Br)sc1Br. The molecule has 0 aromatic carbocycles. The summed E-state index contributed by atoms with van der Waals surface area (Å²) in [6.45, 7) is 1.61. The van der Waals surface area contributed by atoms with Crippen molar-refractivity contribution in [2.24, 2.45) is 5.41 Å². The lowest BCUT2D eigenvalue weighted by molar-refractivity contribution is -0.151. The molecular weight excluding hydrogens is 446 g/mol. The summed E-state index contributed by atoms with van der Waals surface area (Å²) in [4.78, 5) is 11.7. The Balaban J connectivity index is 2.31. The molecule has 21 heavy (non-hydrogen) atoms. The van der Waals surface area contributed by atoms with E-state index in [1.54, 1.807) is 6.92 Å². The van der Waals surface area contributed by atoms with Crippen LogP contribution >= 0.6 is 43.2 Å². The number of carboxylic acid groups (broad SMARTS) is 1. The molecule has 2 rings (SSSR count). The second kappa shape index (κ2) is 6.27. The number of thiophene rings is 1. The van der Waals surface area contributed by atoms with Gasteiger partial charge in [-0.2, -0.15) is 0 Å². The Morgan fingerprint density at radius 1 is 1.48 bits per heavy atom. The molecule has 0 radical (unpaired) electrons. The largest absolute Gasteiger partial charge is 0.481 e. The summed E-state index contributed by atoms with van der Waals surface area (Å²) in [7, 11) is -3.75. The highest BCUT2D eigenvalue weighted by Crippen LogP contribution is 2.39.